The standard InChI is InChI=1S/C14H23NO3S/c1-4-13(15-6-7-17-12(15)3)10-16-8-9-18-14(5-2)11-19/h4,6-7,14,19H,3,5,8-11H2,1-2H3/b13-4-. The number of hydrogen-bond donors (Lipinski definition) is 1. The summed E-state index contributed by atoms with van der Waals surface area (Å²) in [5.41, 5.74) is 1.000. The van der Waals surface area contributed by atoms with Gasteiger partial charge in [0.25, 0.3) is 0 Å². The Bertz CT molecular complexity index is 338. The summed E-state index contributed by atoms with van der Waals surface area (Å²) >= 11 is 4.22. The lowest BCUT2D eigenvalue weighted by Crippen LogP contribution is -2.20. The fraction of sp³-hybridized carbons (Fsp3) is 0.571. The summed E-state index contributed by atoms with van der Waals surface area (Å²) in [4.78, 5) is 1.86. The van der Waals surface area contributed by atoms with Crippen molar-refractivity contribution < 1.29 is 14.2 Å². The Balaban J connectivity index is 2.20. The van der Waals surface area contributed by atoms with Crippen LogP contribution in [0.5, 0.6) is 0 Å². The molecule has 1 atom stereocenters. The fourth-order valence-electron chi connectivity index (χ4n) is 1.61. The van der Waals surface area contributed by atoms with Gasteiger partial charge in [0.2, 0.25) is 0 Å². The zero-order valence-corrected chi connectivity index (χ0v) is 12.6. The lowest BCUT2D eigenvalue weighted by Gasteiger charge is -2.19. The lowest BCUT2D eigenvalue weighted by molar-refractivity contribution is 0.0160. The number of nitrogens with zero attached hydrogens (tertiary/aromatic N) is 1. The van der Waals surface area contributed by atoms with Gasteiger partial charge in [0.1, 0.15) is 6.26 Å². The number of allylic oxidation sites excluding steroid dienone is 1. The van der Waals surface area contributed by atoms with Crippen molar-refractivity contribution in [2.75, 3.05) is 25.6 Å². The lowest BCUT2D eigenvalue weighted by atomic mass is 10.3. The molecule has 0 saturated heterocycles. The van der Waals surface area contributed by atoms with E-state index >= 15 is 0 Å². The van der Waals surface area contributed by atoms with Crippen LogP contribution in [0.25, 0.3) is 0 Å². The molecule has 1 aliphatic rings. The van der Waals surface area contributed by atoms with E-state index in [-0.39, 0.29) is 6.10 Å². The van der Waals surface area contributed by atoms with E-state index in [4.69, 9.17) is 14.2 Å². The van der Waals surface area contributed by atoms with Gasteiger partial charge in [-0.1, -0.05) is 13.0 Å². The first-order valence-corrected chi connectivity index (χ1v) is 7.13. The van der Waals surface area contributed by atoms with Crippen LogP contribution in [0.4, 0.5) is 0 Å². The SMILES string of the molecule is C=C1OC=CN1/C(=C\C)COCCOC(CC)CS. The molecule has 1 aliphatic heterocycles. The Hall–Kier alpha value is -0.910. The third kappa shape index (κ3) is 5.30. The predicted octanol–water partition coefficient (Wildman–Crippen LogP) is 2.91. The number of rotatable bonds is 9. The first kappa shape index (κ1) is 16.1. The summed E-state index contributed by atoms with van der Waals surface area (Å²) in [7, 11) is 0. The molecule has 0 saturated carbocycles. The molecule has 0 bridgehead atoms. The third-order valence-electron chi connectivity index (χ3n) is 2.82. The molecule has 0 N–H and O–H groups in total. The molecule has 1 rings (SSSR count). The van der Waals surface area contributed by atoms with Gasteiger partial charge < -0.3 is 14.2 Å². The second-order valence-electron chi connectivity index (χ2n) is 4.08. The minimum absolute atomic E-state index is 0.211. The Morgan fingerprint density at radius 1 is 1.58 bits per heavy atom. The molecule has 0 aromatic carbocycles. The van der Waals surface area contributed by atoms with Crippen LogP contribution in [0.1, 0.15) is 20.3 Å². The second kappa shape index (κ2) is 9.07. The maximum absolute atomic E-state index is 5.61. The van der Waals surface area contributed by atoms with Crippen molar-refractivity contribution in [1.82, 2.24) is 4.90 Å². The van der Waals surface area contributed by atoms with Gasteiger partial charge >= 0.3 is 0 Å². The largest absolute Gasteiger partial charge is 0.447 e. The van der Waals surface area contributed by atoms with E-state index in [2.05, 4.69) is 26.1 Å². The molecular formula is C14H23NO3S. The normalized spacial score (nSPS) is 16.9. The van der Waals surface area contributed by atoms with Gasteiger partial charge in [0.05, 0.1) is 25.9 Å². The zero-order valence-electron chi connectivity index (χ0n) is 11.7. The average molecular weight is 285 g/mol. The molecule has 19 heavy (non-hydrogen) atoms. The highest BCUT2D eigenvalue weighted by atomic mass is 32.1. The maximum Gasteiger partial charge on any atom is 0.196 e. The quantitative estimate of drug-likeness (QED) is 0.521. The summed E-state index contributed by atoms with van der Waals surface area (Å²) in [6.45, 7) is 9.51. The molecule has 0 aliphatic carbocycles. The molecular weight excluding hydrogens is 262 g/mol. The zero-order chi connectivity index (χ0) is 14.1. The van der Waals surface area contributed by atoms with Gasteiger partial charge in [-0.2, -0.15) is 12.6 Å². The van der Waals surface area contributed by atoms with Crippen molar-refractivity contribution in [3.8, 4) is 0 Å². The highest BCUT2D eigenvalue weighted by Crippen LogP contribution is 2.19. The molecule has 0 spiro atoms. The van der Waals surface area contributed by atoms with Crippen molar-refractivity contribution in [3.63, 3.8) is 0 Å². The molecule has 0 aromatic heterocycles. The first-order valence-electron chi connectivity index (χ1n) is 6.49. The summed E-state index contributed by atoms with van der Waals surface area (Å²) in [5, 5.41) is 0. The van der Waals surface area contributed by atoms with Gasteiger partial charge in [0, 0.05) is 17.6 Å². The van der Waals surface area contributed by atoms with Crippen LogP contribution < -0.4 is 0 Å². The van der Waals surface area contributed by atoms with Crippen LogP contribution in [0.15, 0.2) is 36.7 Å². The second-order valence-corrected chi connectivity index (χ2v) is 4.45. The molecule has 4 nitrogen and oxygen atoms in total. The van der Waals surface area contributed by atoms with Crippen LogP contribution in [-0.2, 0) is 14.2 Å². The maximum atomic E-state index is 5.61. The van der Waals surface area contributed by atoms with E-state index in [1.54, 1.807) is 6.26 Å². The molecule has 108 valence electrons. The molecule has 1 heterocycles. The van der Waals surface area contributed by atoms with Gasteiger partial charge in [-0.15, -0.1) is 0 Å². The van der Waals surface area contributed by atoms with Gasteiger partial charge in [-0.3, -0.25) is 4.90 Å². The molecule has 0 amide bonds. The average Bonchev–Trinajstić information content (AvgIpc) is 2.85. The van der Waals surface area contributed by atoms with E-state index in [0.717, 1.165) is 17.9 Å². The summed E-state index contributed by atoms with van der Waals surface area (Å²) in [6.07, 6.45) is 6.59. The highest BCUT2D eigenvalue weighted by molar-refractivity contribution is 7.80. The molecule has 0 radical (unpaired) electrons. The van der Waals surface area contributed by atoms with Crippen LogP contribution in [-0.4, -0.2) is 36.6 Å². The summed E-state index contributed by atoms with van der Waals surface area (Å²) in [5.74, 6) is 1.33. The van der Waals surface area contributed by atoms with Crippen molar-refractivity contribution in [2.45, 2.75) is 26.4 Å². The van der Waals surface area contributed by atoms with E-state index in [0.29, 0.717) is 25.7 Å². The van der Waals surface area contributed by atoms with E-state index < -0.39 is 0 Å². The van der Waals surface area contributed by atoms with Crippen LogP contribution in [0, 0.1) is 0 Å². The molecule has 0 fully saturated rings. The van der Waals surface area contributed by atoms with Crippen molar-refractivity contribution in [1.29, 1.82) is 0 Å². The third-order valence-corrected chi connectivity index (χ3v) is 3.22. The Morgan fingerprint density at radius 2 is 2.37 bits per heavy atom. The predicted molar refractivity (Wildman–Crippen MR) is 79.7 cm³/mol. The van der Waals surface area contributed by atoms with E-state index in [1.807, 2.05) is 24.1 Å². The first-order chi connectivity index (χ1) is 9.22. The van der Waals surface area contributed by atoms with Crippen LogP contribution in [0.3, 0.4) is 0 Å². The number of thiol groups is 1. The van der Waals surface area contributed by atoms with Gasteiger partial charge in [0.15, 0.2) is 5.88 Å². The van der Waals surface area contributed by atoms with E-state index in [1.165, 1.54) is 0 Å². The summed E-state index contributed by atoms with van der Waals surface area (Å²) < 4.78 is 16.4. The Kier molecular flexibility index (Phi) is 7.70. The monoisotopic (exact) mass is 285 g/mol. The Morgan fingerprint density at radius 3 is 2.89 bits per heavy atom. The number of ether oxygens (including phenoxy) is 3. The topological polar surface area (TPSA) is 30.9 Å². The molecule has 0 aromatic rings. The fourth-order valence-corrected chi connectivity index (χ4v) is 1.97. The van der Waals surface area contributed by atoms with E-state index in [9.17, 15) is 0 Å². The van der Waals surface area contributed by atoms with Crippen LogP contribution in [0.2, 0.25) is 0 Å². The minimum Gasteiger partial charge on any atom is -0.447 e. The smallest absolute Gasteiger partial charge is 0.196 e. The van der Waals surface area contributed by atoms with Gasteiger partial charge in [-0.05, 0) is 19.9 Å². The van der Waals surface area contributed by atoms with Gasteiger partial charge in [-0.25, -0.2) is 0 Å². The minimum atomic E-state index is 0.211. The molecule has 5 heteroatoms. The highest BCUT2D eigenvalue weighted by Gasteiger charge is 2.15. The number of hydrogen-bond acceptors (Lipinski definition) is 5. The Labute approximate surface area is 121 Å². The molecule has 1 unspecified atom stereocenters. The van der Waals surface area contributed by atoms with Crippen molar-refractivity contribution in [2.24, 2.45) is 0 Å². The van der Waals surface area contributed by atoms with Crippen LogP contribution >= 0.6 is 12.6 Å². The van der Waals surface area contributed by atoms with Crippen molar-refractivity contribution >= 4 is 12.6 Å². The van der Waals surface area contributed by atoms with Crippen molar-refractivity contribution in [3.05, 3.63) is 36.7 Å². The summed E-state index contributed by atoms with van der Waals surface area (Å²) in [6, 6.07) is 0.